The van der Waals surface area contributed by atoms with Gasteiger partial charge in [0.25, 0.3) is 0 Å². The molecule has 0 fully saturated rings. The van der Waals surface area contributed by atoms with Crippen molar-refractivity contribution in [2.75, 3.05) is 5.32 Å². The van der Waals surface area contributed by atoms with E-state index in [-0.39, 0.29) is 5.91 Å². The fourth-order valence-corrected chi connectivity index (χ4v) is 0.493. The van der Waals surface area contributed by atoms with Gasteiger partial charge in [-0.15, -0.1) is 0 Å². The molecule has 0 saturated heterocycles. The van der Waals surface area contributed by atoms with Gasteiger partial charge in [-0.1, -0.05) is 5.10 Å². The fraction of sp³-hybridized carbons (Fsp3) is 0.500. The third kappa shape index (κ3) is 1.28. The predicted molar refractivity (Wildman–Crippen MR) is 33.1 cm³/mol. The Hall–Kier alpha value is -1.46. The third-order valence-corrected chi connectivity index (χ3v) is 0.908. The van der Waals surface area contributed by atoms with Gasteiger partial charge in [0.05, 0.1) is 0 Å². The molecule has 0 aliphatic heterocycles. The van der Waals surface area contributed by atoms with Crippen molar-refractivity contribution in [1.82, 2.24) is 20.2 Å². The summed E-state index contributed by atoms with van der Waals surface area (Å²) in [5.74, 6) is 0.172. The maximum Gasteiger partial charge on any atom is 0.249 e. The lowest BCUT2D eigenvalue weighted by Crippen LogP contribution is -2.10. The molecule has 0 bridgehead atoms. The first-order valence-corrected chi connectivity index (χ1v) is 2.70. The van der Waals surface area contributed by atoms with Gasteiger partial charge in [-0.05, 0) is 10.4 Å². The second kappa shape index (κ2) is 2.42. The molecule has 6 heteroatoms. The number of nitrogens with one attached hydrogen (secondary N) is 1. The van der Waals surface area contributed by atoms with Gasteiger partial charge in [0.1, 0.15) is 0 Å². The zero-order chi connectivity index (χ0) is 7.56. The lowest BCUT2D eigenvalue weighted by molar-refractivity contribution is -0.114. The van der Waals surface area contributed by atoms with Crippen LogP contribution in [0.5, 0.6) is 0 Å². The largest absolute Gasteiger partial charge is 0.294 e. The normalized spacial score (nSPS) is 9.40. The molecule has 0 saturated carbocycles. The van der Waals surface area contributed by atoms with Crippen LogP contribution in [0.2, 0.25) is 0 Å². The van der Waals surface area contributed by atoms with E-state index < -0.39 is 0 Å². The van der Waals surface area contributed by atoms with E-state index in [1.54, 1.807) is 7.05 Å². The number of amides is 1. The SMILES string of the molecule is CC(=O)Nc1nnnn1C. The van der Waals surface area contributed by atoms with Crippen LogP contribution in [0.15, 0.2) is 0 Å². The number of aromatic nitrogens is 4. The zero-order valence-corrected chi connectivity index (χ0v) is 5.70. The monoisotopic (exact) mass is 141 g/mol. The molecule has 0 unspecified atom stereocenters. The van der Waals surface area contributed by atoms with Gasteiger partial charge < -0.3 is 0 Å². The molecular formula is C4H7N5O. The highest BCUT2D eigenvalue weighted by molar-refractivity contribution is 5.86. The molecular weight excluding hydrogens is 134 g/mol. The van der Waals surface area contributed by atoms with E-state index in [1.165, 1.54) is 11.6 Å². The van der Waals surface area contributed by atoms with Crippen LogP contribution in [-0.4, -0.2) is 26.1 Å². The number of carbonyl (C=O) groups excluding carboxylic acids is 1. The molecule has 1 heterocycles. The van der Waals surface area contributed by atoms with Crippen molar-refractivity contribution in [1.29, 1.82) is 0 Å². The molecule has 0 radical (unpaired) electrons. The quantitative estimate of drug-likeness (QED) is 0.554. The van der Waals surface area contributed by atoms with Crippen molar-refractivity contribution in [3.63, 3.8) is 0 Å². The maximum absolute atomic E-state index is 10.4. The number of hydrogen-bond acceptors (Lipinski definition) is 4. The first-order valence-electron chi connectivity index (χ1n) is 2.70. The minimum atomic E-state index is -0.182. The molecule has 1 aromatic heterocycles. The average Bonchev–Trinajstić information content (AvgIpc) is 2.15. The van der Waals surface area contributed by atoms with E-state index in [4.69, 9.17) is 0 Å². The smallest absolute Gasteiger partial charge is 0.249 e. The van der Waals surface area contributed by atoms with Crippen LogP contribution < -0.4 is 5.32 Å². The van der Waals surface area contributed by atoms with E-state index in [9.17, 15) is 4.79 Å². The van der Waals surface area contributed by atoms with Crippen LogP contribution in [0.3, 0.4) is 0 Å². The van der Waals surface area contributed by atoms with Crippen molar-refractivity contribution in [3.05, 3.63) is 0 Å². The first-order chi connectivity index (χ1) is 4.70. The summed E-state index contributed by atoms with van der Waals surface area (Å²) in [6.45, 7) is 1.40. The second-order valence-corrected chi connectivity index (χ2v) is 1.81. The van der Waals surface area contributed by atoms with E-state index in [0.717, 1.165) is 0 Å². The Kier molecular flexibility index (Phi) is 1.61. The van der Waals surface area contributed by atoms with Gasteiger partial charge in [-0.25, -0.2) is 4.68 Å². The van der Waals surface area contributed by atoms with E-state index in [0.29, 0.717) is 5.95 Å². The van der Waals surface area contributed by atoms with Crippen LogP contribution in [0.25, 0.3) is 0 Å². The average molecular weight is 141 g/mol. The summed E-state index contributed by atoms with van der Waals surface area (Å²) >= 11 is 0. The number of hydrogen-bond donors (Lipinski definition) is 1. The molecule has 10 heavy (non-hydrogen) atoms. The van der Waals surface area contributed by atoms with Gasteiger partial charge >= 0.3 is 0 Å². The summed E-state index contributed by atoms with van der Waals surface area (Å²) < 4.78 is 1.38. The minimum absolute atomic E-state index is 0.182. The third-order valence-electron chi connectivity index (χ3n) is 0.908. The van der Waals surface area contributed by atoms with Crippen molar-refractivity contribution in [3.8, 4) is 0 Å². The lowest BCUT2D eigenvalue weighted by Gasteiger charge is -1.95. The van der Waals surface area contributed by atoms with Crippen LogP contribution in [0, 0.1) is 0 Å². The summed E-state index contributed by atoms with van der Waals surface area (Å²) in [6, 6.07) is 0. The molecule has 0 aromatic carbocycles. The number of carbonyl (C=O) groups is 1. The van der Waals surface area contributed by atoms with Crippen LogP contribution in [0.4, 0.5) is 5.95 Å². The Morgan fingerprint density at radius 3 is 2.80 bits per heavy atom. The maximum atomic E-state index is 10.4. The Balaban J connectivity index is 2.74. The molecule has 0 aliphatic carbocycles. The summed E-state index contributed by atoms with van der Waals surface area (Å²) in [4.78, 5) is 10.4. The summed E-state index contributed by atoms with van der Waals surface area (Å²) in [7, 11) is 1.64. The molecule has 1 N–H and O–H groups in total. The Bertz CT molecular complexity index is 242. The van der Waals surface area contributed by atoms with Crippen LogP contribution >= 0.6 is 0 Å². The highest BCUT2D eigenvalue weighted by atomic mass is 16.1. The Morgan fingerprint density at radius 1 is 1.70 bits per heavy atom. The summed E-state index contributed by atoms with van der Waals surface area (Å²) in [5, 5.41) is 12.8. The van der Waals surface area contributed by atoms with Crippen molar-refractivity contribution in [2.24, 2.45) is 7.05 Å². The Morgan fingerprint density at radius 2 is 2.40 bits per heavy atom. The van der Waals surface area contributed by atoms with E-state index in [2.05, 4.69) is 20.8 Å². The highest BCUT2D eigenvalue weighted by Crippen LogP contribution is 1.93. The minimum Gasteiger partial charge on any atom is -0.294 e. The van der Waals surface area contributed by atoms with E-state index in [1.807, 2.05) is 0 Å². The lowest BCUT2D eigenvalue weighted by atomic mass is 10.7. The van der Waals surface area contributed by atoms with Crippen molar-refractivity contribution in [2.45, 2.75) is 6.92 Å². The van der Waals surface area contributed by atoms with Crippen molar-refractivity contribution >= 4 is 11.9 Å². The molecule has 0 aliphatic rings. The van der Waals surface area contributed by atoms with Crippen LogP contribution in [-0.2, 0) is 11.8 Å². The molecule has 1 rings (SSSR count). The second-order valence-electron chi connectivity index (χ2n) is 1.81. The van der Waals surface area contributed by atoms with Gasteiger partial charge in [-0.3, -0.25) is 10.1 Å². The Labute approximate surface area is 57.2 Å². The molecule has 54 valence electrons. The zero-order valence-electron chi connectivity index (χ0n) is 5.70. The first kappa shape index (κ1) is 6.66. The number of rotatable bonds is 1. The van der Waals surface area contributed by atoms with Gasteiger partial charge in [-0.2, -0.15) is 0 Å². The number of nitrogens with zero attached hydrogens (tertiary/aromatic N) is 4. The number of anilines is 1. The molecule has 1 amide bonds. The topological polar surface area (TPSA) is 72.7 Å². The number of tetrazole rings is 1. The highest BCUT2D eigenvalue weighted by Gasteiger charge is 2.00. The predicted octanol–water partition coefficient (Wildman–Crippen LogP) is -0.832. The number of aryl methyl sites for hydroxylation is 1. The van der Waals surface area contributed by atoms with Crippen molar-refractivity contribution < 1.29 is 4.79 Å². The standard InChI is InChI=1S/C4H7N5O/c1-3(10)5-4-6-7-8-9(4)2/h1-2H3,(H,5,6,8,10). The van der Waals surface area contributed by atoms with Gasteiger partial charge in [0.2, 0.25) is 11.9 Å². The summed E-state index contributed by atoms with van der Waals surface area (Å²) in [6.07, 6.45) is 0. The molecule has 0 spiro atoms. The summed E-state index contributed by atoms with van der Waals surface area (Å²) in [5.41, 5.74) is 0. The van der Waals surface area contributed by atoms with E-state index >= 15 is 0 Å². The van der Waals surface area contributed by atoms with Crippen LogP contribution in [0.1, 0.15) is 6.92 Å². The van der Waals surface area contributed by atoms with Gasteiger partial charge in [0.15, 0.2) is 0 Å². The fourth-order valence-electron chi connectivity index (χ4n) is 0.493. The van der Waals surface area contributed by atoms with Gasteiger partial charge in [0, 0.05) is 14.0 Å². The molecule has 1 aromatic rings. The molecule has 6 nitrogen and oxygen atoms in total. The molecule has 0 atom stereocenters.